The zero-order valence-electron chi connectivity index (χ0n) is 9.79. The molecule has 6 heteroatoms. The fourth-order valence-electron chi connectivity index (χ4n) is 1.42. The molecule has 5 nitrogen and oxygen atoms in total. The molecule has 3 N–H and O–H groups in total. The molecule has 0 unspecified atom stereocenters. The minimum Gasteiger partial charge on any atom is -0.398 e. The zero-order chi connectivity index (χ0) is 13.2. The number of aromatic nitrogens is 1. The van der Waals surface area contributed by atoms with Gasteiger partial charge in [-0.05, 0) is 36.8 Å². The van der Waals surface area contributed by atoms with Gasteiger partial charge in [0.05, 0.1) is 16.8 Å². The van der Waals surface area contributed by atoms with Gasteiger partial charge in [-0.2, -0.15) is 0 Å². The van der Waals surface area contributed by atoms with E-state index < -0.39 is 10.0 Å². The van der Waals surface area contributed by atoms with Crippen LogP contribution in [0.3, 0.4) is 0 Å². The molecule has 0 bridgehead atoms. The van der Waals surface area contributed by atoms with Crippen LogP contribution in [0.1, 0.15) is 5.56 Å². The van der Waals surface area contributed by atoms with Crippen molar-refractivity contribution in [3.63, 3.8) is 0 Å². The molecule has 1 aromatic heterocycles. The van der Waals surface area contributed by atoms with E-state index in [1.807, 2.05) is 6.92 Å². The summed E-state index contributed by atoms with van der Waals surface area (Å²) in [6.07, 6.45) is 3.01. The molecule has 0 atom stereocenters. The van der Waals surface area contributed by atoms with E-state index in [0.29, 0.717) is 11.4 Å². The van der Waals surface area contributed by atoms with Gasteiger partial charge >= 0.3 is 0 Å². The first kappa shape index (κ1) is 12.4. The zero-order valence-corrected chi connectivity index (χ0v) is 10.6. The molecule has 0 radical (unpaired) electrons. The minimum atomic E-state index is -3.62. The van der Waals surface area contributed by atoms with Gasteiger partial charge in [0.25, 0.3) is 10.0 Å². The van der Waals surface area contributed by atoms with Gasteiger partial charge in [-0.15, -0.1) is 0 Å². The van der Waals surface area contributed by atoms with Gasteiger partial charge in [0.1, 0.15) is 0 Å². The summed E-state index contributed by atoms with van der Waals surface area (Å²) in [6, 6.07) is 7.91. The number of sulfonamides is 1. The van der Waals surface area contributed by atoms with E-state index in [1.54, 1.807) is 24.4 Å². The summed E-state index contributed by atoms with van der Waals surface area (Å²) in [5.41, 5.74) is 7.41. The van der Waals surface area contributed by atoms with Crippen LogP contribution in [0.4, 0.5) is 11.4 Å². The minimum absolute atomic E-state index is 0.134. The Morgan fingerprint density at radius 3 is 2.67 bits per heavy atom. The number of nitrogens with two attached hydrogens (primary N) is 1. The fourth-order valence-corrected chi connectivity index (χ4v) is 2.50. The number of hydrogen-bond donors (Lipinski definition) is 2. The van der Waals surface area contributed by atoms with Gasteiger partial charge in [-0.1, -0.05) is 6.07 Å². The van der Waals surface area contributed by atoms with Crippen molar-refractivity contribution in [1.82, 2.24) is 4.98 Å². The third kappa shape index (κ3) is 2.60. The number of nitrogens with zero attached hydrogens (tertiary/aromatic N) is 1. The van der Waals surface area contributed by atoms with Crippen molar-refractivity contribution >= 4 is 21.4 Å². The van der Waals surface area contributed by atoms with Crippen molar-refractivity contribution in [2.45, 2.75) is 11.8 Å². The number of rotatable bonds is 3. The van der Waals surface area contributed by atoms with E-state index in [2.05, 4.69) is 9.71 Å². The molecule has 18 heavy (non-hydrogen) atoms. The molecular formula is C12H13N3O2S. The molecule has 0 fully saturated rings. The van der Waals surface area contributed by atoms with Crippen LogP contribution in [0, 0.1) is 6.92 Å². The van der Waals surface area contributed by atoms with Crippen molar-refractivity contribution in [2.75, 3.05) is 10.5 Å². The smallest absolute Gasteiger partial charge is 0.262 e. The molecule has 0 saturated carbocycles. The highest BCUT2D eigenvalue weighted by molar-refractivity contribution is 7.92. The first-order valence-corrected chi connectivity index (χ1v) is 6.76. The lowest BCUT2D eigenvalue weighted by Gasteiger charge is -2.09. The predicted molar refractivity (Wildman–Crippen MR) is 70.6 cm³/mol. The third-order valence-corrected chi connectivity index (χ3v) is 3.85. The Morgan fingerprint density at radius 1 is 1.28 bits per heavy atom. The Kier molecular flexibility index (Phi) is 3.20. The molecule has 0 aliphatic rings. The molecule has 1 heterocycles. The number of nitrogen functional groups attached to an aromatic ring is 1. The second kappa shape index (κ2) is 4.66. The summed E-state index contributed by atoms with van der Waals surface area (Å²) >= 11 is 0. The average molecular weight is 263 g/mol. The molecule has 0 aliphatic carbocycles. The molecule has 0 spiro atoms. The van der Waals surface area contributed by atoms with Crippen LogP contribution in [-0.4, -0.2) is 13.4 Å². The largest absolute Gasteiger partial charge is 0.398 e. The number of hydrogen-bond acceptors (Lipinski definition) is 4. The van der Waals surface area contributed by atoms with Gasteiger partial charge in [0, 0.05) is 11.9 Å². The highest BCUT2D eigenvalue weighted by Crippen LogP contribution is 2.19. The molecule has 94 valence electrons. The van der Waals surface area contributed by atoms with Gasteiger partial charge in [0.2, 0.25) is 0 Å². The van der Waals surface area contributed by atoms with Crippen molar-refractivity contribution in [2.24, 2.45) is 0 Å². The molecule has 1 aromatic carbocycles. The molecule has 0 aliphatic heterocycles. The van der Waals surface area contributed by atoms with Crippen LogP contribution in [-0.2, 0) is 10.0 Å². The summed E-state index contributed by atoms with van der Waals surface area (Å²) in [7, 11) is -3.62. The molecule has 0 saturated heterocycles. The van der Waals surface area contributed by atoms with E-state index in [-0.39, 0.29) is 4.90 Å². The quantitative estimate of drug-likeness (QED) is 0.826. The Bertz CT molecular complexity index is 654. The van der Waals surface area contributed by atoms with E-state index in [1.165, 1.54) is 18.3 Å². The first-order chi connectivity index (χ1) is 8.49. The molecule has 2 aromatic rings. The summed E-state index contributed by atoms with van der Waals surface area (Å²) in [5.74, 6) is 0. The number of aryl methyl sites for hydroxylation is 1. The van der Waals surface area contributed by atoms with Crippen LogP contribution < -0.4 is 10.5 Å². The van der Waals surface area contributed by atoms with E-state index in [0.717, 1.165) is 5.56 Å². The highest BCUT2D eigenvalue weighted by atomic mass is 32.2. The topological polar surface area (TPSA) is 85.1 Å². The maximum absolute atomic E-state index is 12.1. The maximum atomic E-state index is 12.1. The van der Waals surface area contributed by atoms with Crippen LogP contribution in [0.25, 0.3) is 0 Å². The summed E-state index contributed by atoms with van der Waals surface area (Å²) in [5, 5.41) is 0. The lowest BCUT2D eigenvalue weighted by molar-refractivity contribution is 0.601. The number of nitrogens with one attached hydrogen (secondary N) is 1. The van der Waals surface area contributed by atoms with Crippen LogP contribution >= 0.6 is 0 Å². The summed E-state index contributed by atoms with van der Waals surface area (Å²) in [4.78, 5) is 3.98. The van der Waals surface area contributed by atoms with E-state index in [9.17, 15) is 8.42 Å². The number of pyridine rings is 1. The normalized spacial score (nSPS) is 11.2. The Hall–Kier alpha value is -2.08. The lowest BCUT2D eigenvalue weighted by atomic mass is 10.2. The van der Waals surface area contributed by atoms with Crippen molar-refractivity contribution in [3.8, 4) is 0 Å². The molecule has 2 rings (SSSR count). The summed E-state index contributed by atoms with van der Waals surface area (Å²) in [6.45, 7) is 1.82. The lowest BCUT2D eigenvalue weighted by Crippen LogP contribution is -2.13. The molecule has 0 amide bonds. The Balaban J connectivity index is 2.34. The third-order valence-electron chi connectivity index (χ3n) is 2.47. The van der Waals surface area contributed by atoms with Crippen LogP contribution in [0.15, 0.2) is 47.6 Å². The predicted octanol–water partition coefficient (Wildman–Crippen LogP) is 1.77. The first-order valence-electron chi connectivity index (χ1n) is 5.28. The van der Waals surface area contributed by atoms with Crippen molar-refractivity contribution in [1.29, 1.82) is 0 Å². The summed E-state index contributed by atoms with van der Waals surface area (Å²) < 4.78 is 26.6. The fraction of sp³-hybridized carbons (Fsp3) is 0.0833. The second-order valence-electron chi connectivity index (χ2n) is 3.87. The Labute approximate surface area is 106 Å². The van der Waals surface area contributed by atoms with Crippen LogP contribution in [0.5, 0.6) is 0 Å². The number of anilines is 2. The van der Waals surface area contributed by atoms with Crippen LogP contribution in [0.2, 0.25) is 0 Å². The van der Waals surface area contributed by atoms with Gasteiger partial charge in [0.15, 0.2) is 0 Å². The maximum Gasteiger partial charge on any atom is 0.262 e. The second-order valence-corrected chi connectivity index (χ2v) is 5.55. The average Bonchev–Trinajstić information content (AvgIpc) is 2.33. The van der Waals surface area contributed by atoms with Gasteiger partial charge in [-0.3, -0.25) is 9.71 Å². The van der Waals surface area contributed by atoms with Gasteiger partial charge in [-0.25, -0.2) is 8.42 Å². The van der Waals surface area contributed by atoms with E-state index in [4.69, 9.17) is 5.73 Å². The number of benzene rings is 1. The standard InChI is InChI=1S/C12H13N3O2S/c1-9-4-5-11(7-12(9)13)18(16,17)15-10-3-2-6-14-8-10/h2-8,15H,13H2,1H3. The highest BCUT2D eigenvalue weighted by Gasteiger charge is 2.14. The SMILES string of the molecule is Cc1ccc(S(=O)(=O)Nc2cccnc2)cc1N. The molecular weight excluding hydrogens is 250 g/mol. The monoisotopic (exact) mass is 263 g/mol. The van der Waals surface area contributed by atoms with E-state index >= 15 is 0 Å². The van der Waals surface area contributed by atoms with Crippen molar-refractivity contribution in [3.05, 3.63) is 48.3 Å². The van der Waals surface area contributed by atoms with Gasteiger partial charge < -0.3 is 5.73 Å². The van der Waals surface area contributed by atoms with Crippen molar-refractivity contribution < 1.29 is 8.42 Å². The Morgan fingerprint density at radius 2 is 2.06 bits per heavy atom.